The van der Waals surface area contributed by atoms with Crippen LogP contribution in [0.15, 0.2) is 65.7 Å². The van der Waals surface area contributed by atoms with Crippen molar-refractivity contribution in [2.24, 2.45) is 0 Å². The van der Waals surface area contributed by atoms with E-state index < -0.39 is 0 Å². The Morgan fingerprint density at radius 1 is 1.10 bits per heavy atom. The molecule has 0 bridgehead atoms. The molecule has 3 aromatic rings. The number of nitrogens with one attached hydrogen (secondary N) is 1. The molecule has 0 saturated heterocycles. The summed E-state index contributed by atoms with van der Waals surface area (Å²) in [5.41, 5.74) is 0.904. The van der Waals surface area contributed by atoms with Gasteiger partial charge < -0.3 is 14.5 Å². The van der Waals surface area contributed by atoms with E-state index in [2.05, 4.69) is 15.3 Å². The van der Waals surface area contributed by atoms with E-state index >= 15 is 0 Å². The Morgan fingerprint density at radius 3 is 2.52 bits per heavy atom. The molecule has 104 valence electrons. The minimum Gasteiger partial charge on any atom is -0.472 e. The second-order valence-electron chi connectivity index (χ2n) is 4.14. The van der Waals surface area contributed by atoms with Crippen molar-refractivity contribution in [1.29, 1.82) is 0 Å². The van der Waals surface area contributed by atoms with Crippen molar-refractivity contribution in [1.82, 2.24) is 9.97 Å². The molecule has 3 rings (SSSR count). The molecule has 1 amide bonds. The first kappa shape index (κ1) is 12.9. The highest BCUT2D eigenvalue weighted by Crippen LogP contribution is 2.17. The van der Waals surface area contributed by atoms with Crippen LogP contribution in [0.25, 0.3) is 0 Å². The van der Waals surface area contributed by atoms with Gasteiger partial charge in [0, 0.05) is 0 Å². The van der Waals surface area contributed by atoms with Crippen LogP contribution in [0.3, 0.4) is 0 Å². The number of anilines is 1. The second-order valence-corrected chi connectivity index (χ2v) is 4.14. The van der Waals surface area contributed by atoms with Gasteiger partial charge in [-0.3, -0.25) is 4.79 Å². The van der Waals surface area contributed by atoms with E-state index in [4.69, 9.17) is 9.15 Å². The Hall–Kier alpha value is -3.15. The van der Waals surface area contributed by atoms with Gasteiger partial charge in [-0.15, -0.1) is 0 Å². The number of carbonyl (C=O) groups is 1. The molecule has 21 heavy (non-hydrogen) atoms. The van der Waals surface area contributed by atoms with Crippen molar-refractivity contribution in [3.05, 3.63) is 66.9 Å². The maximum atomic E-state index is 11.8. The standard InChI is InChI=1S/C15H11N3O3/c19-14(11-6-7-20-10-11)18-12-8-16-15(17-9-12)21-13-4-2-1-3-5-13/h1-10H,(H,18,19). The lowest BCUT2D eigenvalue weighted by Crippen LogP contribution is -2.11. The smallest absolute Gasteiger partial charge is 0.322 e. The fourth-order valence-electron chi connectivity index (χ4n) is 1.62. The predicted octanol–water partition coefficient (Wildman–Crippen LogP) is 3.11. The van der Waals surface area contributed by atoms with Crippen molar-refractivity contribution in [2.75, 3.05) is 5.32 Å². The second kappa shape index (κ2) is 5.87. The molecule has 0 atom stereocenters. The van der Waals surface area contributed by atoms with Gasteiger partial charge in [0.15, 0.2) is 0 Å². The highest BCUT2D eigenvalue weighted by Gasteiger charge is 2.08. The quantitative estimate of drug-likeness (QED) is 0.795. The molecule has 0 radical (unpaired) electrons. The molecule has 0 aliphatic rings. The van der Waals surface area contributed by atoms with E-state index in [0.717, 1.165) is 0 Å². The molecule has 0 aliphatic heterocycles. The summed E-state index contributed by atoms with van der Waals surface area (Å²) < 4.78 is 10.3. The number of hydrogen-bond acceptors (Lipinski definition) is 5. The van der Waals surface area contributed by atoms with Crippen LogP contribution in [0, 0.1) is 0 Å². The van der Waals surface area contributed by atoms with Crippen molar-refractivity contribution in [2.45, 2.75) is 0 Å². The van der Waals surface area contributed by atoms with Gasteiger partial charge in [-0.25, -0.2) is 9.97 Å². The van der Waals surface area contributed by atoms with Gasteiger partial charge in [0.2, 0.25) is 0 Å². The fourth-order valence-corrected chi connectivity index (χ4v) is 1.62. The summed E-state index contributed by atoms with van der Waals surface area (Å²) in [6.45, 7) is 0. The number of rotatable bonds is 4. The third kappa shape index (κ3) is 3.24. The molecule has 1 aromatic carbocycles. The molecule has 0 aliphatic carbocycles. The van der Waals surface area contributed by atoms with Crippen LogP contribution in [0.5, 0.6) is 11.8 Å². The van der Waals surface area contributed by atoms with E-state index in [-0.39, 0.29) is 11.9 Å². The fraction of sp³-hybridized carbons (Fsp3) is 0. The molecule has 0 fully saturated rings. The number of ether oxygens (including phenoxy) is 1. The zero-order valence-electron chi connectivity index (χ0n) is 10.9. The minimum atomic E-state index is -0.288. The maximum Gasteiger partial charge on any atom is 0.322 e. The maximum absolute atomic E-state index is 11.8. The summed E-state index contributed by atoms with van der Waals surface area (Å²) in [6, 6.07) is 11.0. The Labute approximate surface area is 120 Å². The lowest BCUT2D eigenvalue weighted by Gasteiger charge is -2.05. The lowest BCUT2D eigenvalue weighted by atomic mass is 10.3. The van der Waals surface area contributed by atoms with Crippen LogP contribution in [0.2, 0.25) is 0 Å². The Kier molecular flexibility index (Phi) is 3.60. The Balaban J connectivity index is 1.65. The van der Waals surface area contributed by atoms with Crippen LogP contribution in [0.1, 0.15) is 10.4 Å². The summed E-state index contributed by atoms with van der Waals surface area (Å²) in [4.78, 5) is 19.9. The molecule has 0 unspecified atom stereocenters. The normalized spacial score (nSPS) is 10.1. The van der Waals surface area contributed by atoms with E-state index in [1.807, 2.05) is 18.2 Å². The zero-order valence-corrected chi connectivity index (χ0v) is 10.9. The zero-order chi connectivity index (χ0) is 14.5. The Morgan fingerprint density at radius 2 is 1.86 bits per heavy atom. The summed E-state index contributed by atoms with van der Waals surface area (Å²) >= 11 is 0. The molecule has 0 spiro atoms. The molecule has 6 heteroatoms. The molecular weight excluding hydrogens is 270 g/mol. The molecule has 2 aromatic heterocycles. The average Bonchev–Trinajstić information content (AvgIpc) is 3.05. The molecule has 6 nitrogen and oxygen atoms in total. The van der Waals surface area contributed by atoms with E-state index in [1.54, 1.807) is 18.2 Å². The van der Waals surface area contributed by atoms with Gasteiger partial charge in [-0.05, 0) is 18.2 Å². The lowest BCUT2D eigenvalue weighted by molar-refractivity contribution is 0.102. The third-order valence-corrected chi connectivity index (χ3v) is 2.62. The number of hydrogen-bond donors (Lipinski definition) is 1. The van der Waals surface area contributed by atoms with E-state index in [0.29, 0.717) is 17.0 Å². The van der Waals surface area contributed by atoms with Crippen molar-refractivity contribution in [3.63, 3.8) is 0 Å². The SMILES string of the molecule is O=C(Nc1cnc(Oc2ccccc2)nc1)c1ccoc1. The average molecular weight is 281 g/mol. The molecular formula is C15H11N3O3. The first-order valence-corrected chi connectivity index (χ1v) is 6.20. The highest BCUT2D eigenvalue weighted by atomic mass is 16.5. The minimum absolute atomic E-state index is 0.211. The van der Waals surface area contributed by atoms with Gasteiger partial charge in [0.05, 0.1) is 29.9 Å². The molecule has 2 heterocycles. The predicted molar refractivity (Wildman–Crippen MR) is 75.2 cm³/mol. The molecule has 0 saturated carbocycles. The van der Waals surface area contributed by atoms with Crippen LogP contribution in [-0.2, 0) is 0 Å². The van der Waals surface area contributed by atoms with Crippen LogP contribution in [-0.4, -0.2) is 15.9 Å². The number of para-hydroxylation sites is 1. The first-order valence-electron chi connectivity index (χ1n) is 6.20. The van der Waals surface area contributed by atoms with Crippen LogP contribution >= 0.6 is 0 Å². The number of nitrogens with zero attached hydrogens (tertiary/aromatic N) is 2. The van der Waals surface area contributed by atoms with Crippen molar-refractivity contribution in [3.8, 4) is 11.8 Å². The Bertz CT molecular complexity index is 710. The number of amides is 1. The summed E-state index contributed by atoms with van der Waals surface area (Å²) in [5, 5.41) is 2.66. The largest absolute Gasteiger partial charge is 0.472 e. The molecule has 1 N–H and O–H groups in total. The van der Waals surface area contributed by atoms with Gasteiger partial charge in [-0.1, -0.05) is 18.2 Å². The van der Waals surface area contributed by atoms with E-state index in [1.165, 1.54) is 24.9 Å². The summed E-state index contributed by atoms with van der Waals surface area (Å²) in [6.07, 6.45) is 5.75. The van der Waals surface area contributed by atoms with Gasteiger partial charge in [0.25, 0.3) is 5.91 Å². The number of aromatic nitrogens is 2. The van der Waals surface area contributed by atoms with Crippen LogP contribution < -0.4 is 10.1 Å². The number of carbonyl (C=O) groups excluding carboxylic acids is 1. The van der Waals surface area contributed by atoms with E-state index in [9.17, 15) is 4.79 Å². The number of furan rings is 1. The topological polar surface area (TPSA) is 77.2 Å². The van der Waals surface area contributed by atoms with Gasteiger partial charge in [0.1, 0.15) is 12.0 Å². The van der Waals surface area contributed by atoms with Gasteiger partial charge in [-0.2, -0.15) is 0 Å². The van der Waals surface area contributed by atoms with Crippen molar-refractivity contribution < 1.29 is 13.9 Å². The third-order valence-electron chi connectivity index (χ3n) is 2.62. The summed E-state index contributed by atoms with van der Waals surface area (Å²) in [7, 11) is 0. The van der Waals surface area contributed by atoms with Crippen LogP contribution in [0.4, 0.5) is 5.69 Å². The van der Waals surface area contributed by atoms with Gasteiger partial charge >= 0.3 is 6.01 Å². The number of benzene rings is 1. The summed E-state index contributed by atoms with van der Waals surface area (Å²) in [5.74, 6) is 0.358. The first-order chi connectivity index (χ1) is 10.3. The monoisotopic (exact) mass is 281 g/mol. The van der Waals surface area contributed by atoms with Crippen molar-refractivity contribution >= 4 is 11.6 Å². The highest BCUT2D eigenvalue weighted by molar-refractivity contribution is 6.03.